The van der Waals surface area contributed by atoms with Crippen molar-refractivity contribution in [2.24, 2.45) is 0 Å². The Bertz CT molecular complexity index is 609. The van der Waals surface area contributed by atoms with Crippen LogP contribution in [0.3, 0.4) is 0 Å². The second-order valence-electron chi connectivity index (χ2n) is 5.22. The Morgan fingerprint density at radius 2 is 2.23 bits per heavy atom. The van der Waals surface area contributed by atoms with Gasteiger partial charge in [0.25, 0.3) is 0 Å². The second-order valence-corrected chi connectivity index (χ2v) is 7.22. The fraction of sp³-hybridized carbons (Fsp3) is 0.375. The molecule has 3 rings (SSSR count). The molecule has 0 radical (unpaired) electrons. The van der Waals surface area contributed by atoms with Gasteiger partial charge in [-0.15, -0.1) is 11.3 Å². The van der Waals surface area contributed by atoms with Gasteiger partial charge in [0.05, 0.1) is 12.2 Å². The smallest absolute Gasteiger partial charge is 0.221 e. The van der Waals surface area contributed by atoms with Crippen molar-refractivity contribution in [3.63, 3.8) is 0 Å². The van der Waals surface area contributed by atoms with Gasteiger partial charge in [-0.2, -0.15) is 11.8 Å². The van der Waals surface area contributed by atoms with E-state index in [-0.39, 0.29) is 5.91 Å². The minimum atomic E-state index is 0.0919. The number of rotatable bonds is 5. The number of aromatic nitrogens is 1. The van der Waals surface area contributed by atoms with Crippen LogP contribution < -0.4 is 10.6 Å². The number of benzene rings is 1. The number of carbonyl (C=O) groups is 1. The van der Waals surface area contributed by atoms with Gasteiger partial charge < -0.3 is 10.6 Å². The quantitative estimate of drug-likeness (QED) is 0.883. The van der Waals surface area contributed by atoms with Crippen LogP contribution in [0.25, 0.3) is 10.6 Å². The molecule has 1 unspecified atom stereocenters. The summed E-state index contributed by atoms with van der Waals surface area (Å²) in [4.78, 5) is 16.6. The third-order valence-electron chi connectivity index (χ3n) is 3.47. The number of nitrogens with zero attached hydrogens (tertiary/aromatic N) is 1. The first-order valence-electron chi connectivity index (χ1n) is 7.39. The number of amides is 1. The molecule has 1 atom stereocenters. The second kappa shape index (κ2) is 7.76. The monoisotopic (exact) mass is 333 g/mol. The van der Waals surface area contributed by atoms with Crippen molar-refractivity contribution in [1.29, 1.82) is 0 Å². The Hall–Kier alpha value is -1.37. The molecule has 1 aliphatic rings. The van der Waals surface area contributed by atoms with E-state index < -0.39 is 0 Å². The highest BCUT2D eigenvalue weighted by Crippen LogP contribution is 2.23. The zero-order valence-electron chi connectivity index (χ0n) is 12.2. The maximum absolute atomic E-state index is 12.0. The van der Waals surface area contributed by atoms with Gasteiger partial charge >= 0.3 is 0 Å². The van der Waals surface area contributed by atoms with Gasteiger partial charge in [0, 0.05) is 41.5 Å². The third kappa shape index (κ3) is 4.32. The molecule has 1 fully saturated rings. The standard InChI is InChI=1S/C16H19N3OS2/c20-15(8-13-10-21-7-6-17-13)18-9-14-11-22-16(19-14)12-4-2-1-3-5-12/h1-5,11,13,17H,6-10H2,(H,18,20). The molecule has 0 aliphatic carbocycles. The lowest BCUT2D eigenvalue weighted by molar-refractivity contribution is -0.121. The molecule has 2 aromatic rings. The molecule has 2 N–H and O–H groups in total. The summed E-state index contributed by atoms with van der Waals surface area (Å²) in [7, 11) is 0. The number of nitrogens with one attached hydrogen (secondary N) is 2. The first-order valence-corrected chi connectivity index (χ1v) is 9.42. The minimum absolute atomic E-state index is 0.0919. The Labute approximate surface area is 138 Å². The van der Waals surface area contributed by atoms with Crippen molar-refractivity contribution in [2.45, 2.75) is 19.0 Å². The van der Waals surface area contributed by atoms with Crippen LogP contribution in [-0.2, 0) is 11.3 Å². The molecular formula is C16H19N3OS2. The van der Waals surface area contributed by atoms with E-state index >= 15 is 0 Å². The fourth-order valence-corrected chi connectivity index (χ4v) is 4.11. The van der Waals surface area contributed by atoms with E-state index in [0.717, 1.165) is 34.3 Å². The predicted octanol–water partition coefficient (Wildman–Crippen LogP) is 2.52. The summed E-state index contributed by atoms with van der Waals surface area (Å²) in [5.74, 6) is 2.25. The molecule has 1 aliphatic heterocycles. The first kappa shape index (κ1) is 15.5. The molecule has 0 spiro atoms. The van der Waals surface area contributed by atoms with Crippen LogP contribution in [0.2, 0.25) is 0 Å². The molecule has 1 saturated heterocycles. The third-order valence-corrected chi connectivity index (χ3v) is 5.54. The van der Waals surface area contributed by atoms with Crippen molar-refractivity contribution in [1.82, 2.24) is 15.6 Å². The van der Waals surface area contributed by atoms with Crippen molar-refractivity contribution in [3.8, 4) is 10.6 Å². The molecule has 22 heavy (non-hydrogen) atoms. The van der Waals surface area contributed by atoms with E-state index in [1.54, 1.807) is 11.3 Å². The lowest BCUT2D eigenvalue weighted by Gasteiger charge is -2.22. The molecule has 4 nitrogen and oxygen atoms in total. The predicted molar refractivity (Wildman–Crippen MR) is 93.1 cm³/mol. The van der Waals surface area contributed by atoms with Gasteiger partial charge in [0.2, 0.25) is 5.91 Å². The average Bonchev–Trinajstić information content (AvgIpc) is 3.04. The van der Waals surface area contributed by atoms with Crippen LogP contribution in [0.5, 0.6) is 0 Å². The number of hydrogen-bond acceptors (Lipinski definition) is 5. The molecule has 116 valence electrons. The molecule has 1 amide bonds. The van der Waals surface area contributed by atoms with Gasteiger partial charge in [-0.25, -0.2) is 4.98 Å². The number of hydrogen-bond donors (Lipinski definition) is 2. The van der Waals surface area contributed by atoms with Gasteiger partial charge in [-0.05, 0) is 0 Å². The number of carbonyl (C=O) groups excluding carboxylic acids is 1. The van der Waals surface area contributed by atoms with E-state index in [0.29, 0.717) is 19.0 Å². The van der Waals surface area contributed by atoms with E-state index in [1.165, 1.54) is 0 Å². The SMILES string of the molecule is O=C(CC1CSCCN1)NCc1csc(-c2ccccc2)n1. The Morgan fingerprint density at radius 3 is 3.00 bits per heavy atom. The average molecular weight is 333 g/mol. The van der Waals surface area contributed by atoms with Crippen molar-refractivity contribution < 1.29 is 4.79 Å². The summed E-state index contributed by atoms with van der Waals surface area (Å²) in [6.07, 6.45) is 0.544. The molecule has 1 aromatic heterocycles. The molecular weight excluding hydrogens is 314 g/mol. The van der Waals surface area contributed by atoms with Crippen molar-refractivity contribution in [3.05, 3.63) is 41.4 Å². The minimum Gasteiger partial charge on any atom is -0.350 e. The summed E-state index contributed by atoms with van der Waals surface area (Å²) in [5.41, 5.74) is 2.04. The van der Waals surface area contributed by atoms with Crippen molar-refractivity contribution >= 4 is 29.0 Å². The van der Waals surface area contributed by atoms with E-state index in [2.05, 4.69) is 15.6 Å². The molecule has 6 heteroatoms. The maximum Gasteiger partial charge on any atom is 0.221 e. The van der Waals surface area contributed by atoms with E-state index in [1.807, 2.05) is 47.5 Å². The Morgan fingerprint density at radius 1 is 1.36 bits per heavy atom. The molecule has 2 heterocycles. The van der Waals surface area contributed by atoms with Gasteiger partial charge in [0.1, 0.15) is 5.01 Å². The van der Waals surface area contributed by atoms with Crippen LogP contribution in [0, 0.1) is 0 Å². The number of thiazole rings is 1. The molecule has 0 saturated carbocycles. The maximum atomic E-state index is 12.0. The lowest BCUT2D eigenvalue weighted by atomic mass is 10.2. The van der Waals surface area contributed by atoms with Gasteiger partial charge in [-0.3, -0.25) is 4.79 Å². The van der Waals surface area contributed by atoms with E-state index in [9.17, 15) is 4.79 Å². The summed E-state index contributed by atoms with van der Waals surface area (Å²) < 4.78 is 0. The van der Waals surface area contributed by atoms with Crippen LogP contribution in [0.1, 0.15) is 12.1 Å². The highest BCUT2D eigenvalue weighted by molar-refractivity contribution is 7.99. The topological polar surface area (TPSA) is 54.0 Å². The zero-order valence-corrected chi connectivity index (χ0v) is 13.9. The largest absolute Gasteiger partial charge is 0.350 e. The zero-order chi connectivity index (χ0) is 15.2. The summed E-state index contributed by atoms with van der Waals surface area (Å²) >= 11 is 3.52. The fourth-order valence-electron chi connectivity index (χ4n) is 2.34. The molecule has 0 bridgehead atoms. The Balaban J connectivity index is 1.49. The van der Waals surface area contributed by atoms with Crippen LogP contribution in [-0.4, -0.2) is 35.0 Å². The summed E-state index contributed by atoms with van der Waals surface area (Å²) in [6.45, 7) is 1.50. The highest BCUT2D eigenvalue weighted by atomic mass is 32.2. The highest BCUT2D eigenvalue weighted by Gasteiger charge is 2.16. The lowest BCUT2D eigenvalue weighted by Crippen LogP contribution is -2.41. The van der Waals surface area contributed by atoms with Gasteiger partial charge in [0.15, 0.2) is 0 Å². The van der Waals surface area contributed by atoms with E-state index in [4.69, 9.17) is 0 Å². The van der Waals surface area contributed by atoms with Crippen LogP contribution in [0.15, 0.2) is 35.7 Å². The number of thioether (sulfide) groups is 1. The van der Waals surface area contributed by atoms with Crippen LogP contribution >= 0.6 is 23.1 Å². The van der Waals surface area contributed by atoms with Gasteiger partial charge in [-0.1, -0.05) is 30.3 Å². The Kier molecular flexibility index (Phi) is 5.48. The summed E-state index contributed by atoms with van der Waals surface area (Å²) in [5, 5.41) is 9.35. The van der Waals surface area contributed by atoms with Crippen molar-refractivity contribution in [2.75, 3.05) is 18.1 Å². The first-order chi connectivity index (χ1) is 10.8. The molecule has 1 aromatic carbocycles. The summed E-state index contributed by atoms with van der Waals surface area (Å²) in [6, 6.07) is 10.4. The van der Waals surface area contributed by atoms with Crippen LogP contribution in [0.4, 0.5) is 0 Å². The normalized spacial score (nSPS) is 18.1.